The normalized spacial score (nSPS) is 15.0. The van der Waals surface area contributed by atoms with Crippen molar-refractivity contribution in [2.24, 2.45) is 0 Å². The van der Waals surface area contributed by atoms with Gasteiger partial charge in [-0.25, -0.2) is 9.59 Å². The van der Waals surface area contributed by atoms with Crippen molar-refractivity contribution in [3.8, 4) is 0 Å². The summed E-state index contributed by atoms with van der Waals surface area (Å²) in [6, 6.07) is 0. The van der Waals surface area contributed by atoms with Crippen LogP contribution < -0.4 is 0 Å². The van der Waals surface area contributed by atoms with Crippen LogP contribution in [0.4, 0.5) is 0 Å². The zero-order valence-corrected chi connectivity index (χ0v) is 17.8. The van der Waals surface area contributed by atoms with E-state index < -0.39 is 41.3 Å². The van der Waals surface area contributed by atoms with Gasteiger partial charge in [-0.3, -0.25) is 9.59 Å². The van der Waals surface area contributed by atoms with Crippen LogP contribution in [0.1, 0.15) is 72.6 Å². The lowest BCUT2D eigenvalue weighted by atomic mass is 9.77. The van der Waals surface area contributed by atoms with E-state index in [0.717, 1.165) is 13.3 Å². The molecule has 0 aromatic heterocycles. The minimum absolute atomic E-state index is 0.0236. The highest BCUT2D eigenvalue weighted by Crippen LogP contribution is 2.31. The molecule has 0 aliphatic heterocycles. The molecule has 0 bridgehead atoms. The first-order chi connectivity index (χ1) is 13.6. The van der Waals surface area contributed by atoms with Crippen LogP contribution >= 0.6 is 0 Å². The fourth-order valence-corrected chi connectivity index (χ4v) is 2.38. The summed E-state index contributed by atoms with van der Waals surface area (Å²) in [6.07, 6.45) is 2.36. The Bertz CT molecular complexity index is 560. The molecule has 0 saturated carbocycles. The van der Waals surface area contributed by atoms with Crippen molar-refractivity contribution in [3.63, 3.8) is 0 Å². The van der Waals surface area contributed by atoms with Crippen molar-refractivity contribution in [1.82, 2.24) is 0 Å². The maximum atomic E-state index is 12.6. The minimum atomic E-state index is -3.31. The van der Waals surface area contributed by atoms with Gasteiger partial charge in [0.25, 0.3) is 5.60 Å². The number of hydrogen-bond acceptors (Lipinski definition) is 9. The van der Waals surface area contributed by atoms with Crippen LogP contribution in [0, 0.1) is 0 Å². The Kier molecular flexibility index (Phi) is 12.4. The molecule has 2 N–H and O–H groups in total. The van der Waals surface area contributed by atoms with E-state index in [-0.39, 0.29) is 19.8 Å². The lowest BCUT2D eigenvalue weighted by Gasteiger charge is -2.36. The number of Topliss-reactive ketones (excluding diaryl/α,β-unsaturated/α-hetero) is 1. The Morgan fingerprint density at radius 2 is 1.14 bits per heavy atom. The summed E-state index contributed by atoms with van der Waals surface area (Å²) in [4.78, 5) is 49.4. The molecule has 2 atom stereocenters. The number of rotatable bonds is 15. The number of esters is 3. The van der Waals surface area contributed by atoms with Gasteiger partial charge < -0.3 is 24.4 Å². The van der Waals surface area contributed by atoms with Gasteiger partial charge in [-0.15, -0.1) is 0 Å². The number of carbonyl (C=O) groups is 4. The van der Waals surface area contributed by atoms with Gasteiger partial charge in [0, 0.05) is 0 Å². The standard InChI is InChI=1S/C20H34O9/c1-5-8-11-27-16(22)14-19(25,17(23)28-12-9-6-2)20(26,15(4)21)18(24)29-13-10-7-3/h25-26H,5-14H2,1-4H3. The Labute approximate surface area is 171 Å². The quantitative estimate of drug-likeness (QED) is 0.175. The monoisotopic (exact) mass is 418 g/mol. The summed E-state index contributed by atoms with van der Waals surface area (Å²) in [5, 5.41) is 21.8. The summed E-state index contributed by atoms with van der Waals surface area (Å²) < 4.78 is 14.7. The lowest BCUT2D eigenvalue weighted by Crippen LogP contribution is -2.69. The number of hydrogen-bond donors (Lipinski definition) is 2. The number of carbonyl (C=O) groups excluding carboxylic acids is 4. The SMILES string of the molecule is CCCCOC(=O)CC(O)(C(=O)OCCCC)C(O)(C(C)=O)C(=O)OCCCC. The third-order valence-corrected chi connectivity index (χ3v) is 4.36. The van der Waals surface area contributed by atoms with E-state index in [0.29, 0.717) is 32.1 Å². The predicted molar refractivity (Wildman–Crippen MR) is 103 cm³/mol. The third-order valence-electron chi connectivity index (χ3n) is 4.36. The molecule has 0 spiro atoms. The van der Waals surface area contributed by atoms with Gasteiger partial charge in [0.15, 0.2) is 5.78 Å². The van der Waals surface area contributed by atoms with Crippen molar-refractivity contribution in [2.45, 2.75) is 83.8 Å². The molecule has 29 heavy (non-hydrogen) atoms. The molecule has 0 aliphatic carbocycles. The Hall–Kier alpha value is -2.00. The fraction of sp³-hybridized carbons (Fsp3) is 0.800. The van der Waals surface area contributed by atoms with Gasteiger partial charge in [0.05, 0.1) is 26.2 Å². The van der Waals surface area contributed by atoms with Crippen LogP contribution in [0.5, 0.6) is 0 Å². The average molecular weight is 418 g/mol. The molecule has 9 nitrogen and oxygen atoms in total. The summed E-state index contributed by atoms with van der Waals surface area (Å²) in [6.45, 7) is 6.12. The minimum Gasteiger partial charge on any atom is -0.466 e. The van der Waals surface area contributed by atoms with E-state index in [1.807, 2.05) is 20.8 Å². The van der Waals surface area contributed by atoms with Crippen molar-refractivity contribution in [1.29, 1.82) is 0 Å². The van der Waals surface area contributed by atoms with Crippen LogP contribution in [0.2, 0.25) is 0 Å². The van der Waals surface area contributed by atoms with E-state index in [4.69, 9.17) is 14.2 Å². The molecular weight excluding hydrogens is 384 g/mol. The summed E-state index contributed by atoms with van der Waals surface area (Å²) in [5.74, 6) is -5.30. The van der Waals surface area contributed by atoms with E-state index in [2.05, 4.69) is 0 Å². The number of ketones is 1. The smallest absolute Gasteiger partial charge is 0.349 e. The third kappa shape index (κ3) is 7.40. The van der Waals surface area contributed by atoms with Gasteiger partial charge in [-0.1, -0.05) is 40.0 Å². The number of unbranched alkanes of at least 4 members (excludes halogenated alkanes) is 3. The number of aliphatic hydroxyl groups is 2. The zero-order chi connectivity index (χ0) is 22.5. The Balaban J connectivity index is 5.84. The van der Waals surface area contributed by atoms with Crippen LogP contribution in [0.3, 0.4) is 0 Å². The van der Waals surface area contributed by atoms with Gasteiger partial charge in [0.1, 0.15) is 0 Å². The fourth-order valence-electron chi connectivity index (χ4n) is 2.38. The Morgan fingerprint density at radius 1 is 0.724 bits per heavy atom. The van der Waals surface area contributed by atoms with Gasteiger partial charge >= 0.3 is 17.9 Å². The van der Waals surface area contributed by atoms with E-state index >= 15 is 0 Å². The zero-order valence-electron chi connectivity index (χ0n) is 17.8. The van der Waals surface area contributed by atoms with E-state index in [9.17, 15) is 29.4 Å². The molecule has 2 unspecified atom stereocenters. The van der Waals surface area contributed by atoms with Crippen molar-refractivity contribution < 1.29 is 43.6 Å². The maximum Gasteiger partial charge on any atom is 0.349 e. The molecule has 0 fully saturated rings. The summed E-state index contributed by atoms with van der Waals surface area (Å²) in [7, 11) is 0. The van der Waals surface area contributed by atoms with Crippen LogP contribution in [-0.4, -0.2) is 64.9 Å². The van der Waals surface area contributed by atoms with Crippen LogP contribution in [-0.2, 0) is 33.4 Å². The molecule has 0 amide bonds. The molecule has 0 aliphatic rings. The topological polar surface area (TPSA) is 136 Å². The van der Waals surface area contributed by atoms with Crippen molar-refractivity contribution in [2.75, 3.05) is 19.8 Å². The van der Waals surface area contributed by atoms with Gasteiger partial charge in [-0.05, 0) is 26.2 Å². The second-order valence-corrected chi connectivity index (χ2v) is 6.86. The highest BCUT2D eigenvalue weighted by molar-refractivity contribution is 6.12. The first-order valence-corrected chi connectivity index (χ1v) is 10.1. The van der Waals surface area contributed by atoms with Crippen LogP contribution in [0.25, 0.3) is 0 Å². The highest BCUT2D eigenvalue weighted by Gasteiger charge is 2.66. The molecule has 0 rings (SSSR count). The largest absolute Gasteiger partial charge is 0.466 e. The first kappa shape index (κ1) is 27.0. The van der Waals surface area contributed by atoms with E-state index in [1.165, 1.54) is 0 Å². The molecule has 0 radical (unpaired) electrons. The molecule has 0 aromatic carbocycles. The molecule has 9 heteroatoms. The summed E-state index contributed by atoms with van der Waals surface area (Å²) >= 11 is 0. The average Bonchev–Trinajstić information content (AvgIpc) is 2.67. The molecular formula is C20H34O9. The molecule has 0 saturated heterocycles. The van der Waals surface area contributed by atoms with Crippen molar-refractivity contribution >= 4 is 23.7 Å². The molecule has 168 valence electrons. The molecule has 0 heterocycles. The van der Waals surface area contributed by atoms with Crippen molar-refractivity contribution in [3.05, 3.63) is 0 Å². The summed E-state index contributed by atoms with van der Waals surface area (Å²) in [5.41, 5.74) is -6.49. The molecule has 0 aromatic rings. The first-order valence-electron chi connectivity index (χ1n) is 10.1. The lowest BCUT2D eigenvalue weighted by molar-refractivity contribution is -0.215. The Morgan fingerprint density at radius 3 is 1.55 bits per heavy atom. The maximum absolute atomic E-state index is 12.6. The van der Waals surface area contributed by atoms with Gasteiger partial charge in [0.2, 0.25) is 5.60 Å². The second kappa shape index (κ2) is 13.3. The van der Waals surface area contributed by atoms with E-state index in [1.54, 1.807) is 0 Å². The second-order valence-electron chi connectivity index (χ2n) is 6.86. The van der Waals surface area contributed by atoms with Crippen LogP contribution in [0.15, 0.2) is 0 Å². The van der Waals surface area contributed by atoms with Gasteiger partial charge in [-0.2, -0.15) is 0 Å². The highest BCUT2D eigenvalue weighted by atomic mass is 16.6. The predicted octanol–water partition coefficient (Wildman–Crippen LogP) is 1.46. The number of ether oxygens (including phenoxy) is 3.